The Bertz CT molecular complexity index is 509. The summed E-state index contributed by atoms with van der Waals surface area (Å²) in [6.07, 6.45) is 5.04. The third kappa shape index (κ3) is 3.49. The zero-order valence-corrected chi connectivity index (χ0v) is 14.8. The Hall–Kier alpha value is -0.260. The van der Waals surface area contributed by atoms with Gasteiger partial charge < -0.3 is 9.72 Å². The van der Waals surface area contributed by atoms with E-state index in [9.17, 15) is 0 Å². The first-order chi connectivity index (χ1) is 9.54. The van der Waals surface area contributed by atoms with Crippen LogP contribution < -0.4 is 0 Å². The van der Waals surface area contributed by atoms with Crippen molar-refractivity contribution in [2.75, 3.05) is 6.61 Å². The van der Waals surface area contributed by atoms with Crippen molar-refractivity contribution in [3.8, 4) is 0 Å². The van der Waals surface area contributed by atoms with E-state index in [1.54, 1.807) is 0 Å². The number of hydrogen-bond acceptors (Lipinski definition) is 3. The lowest BCUT2D eigenvalue weighted by Crippen LogP contribution is -2.16. The zero-order valence-electron chi connectivity index (χ0n) is 12.4. The van der Waals surface area contributed by atoms with E-state index in [4.69, 9.17) is 17.0 Å². The van der Waals surface area contributed by atoms with Crippen LogP contribution in [0.5, 0.6) is 0 Å². The molecule has 1 unspecified atom stereocenters. The van der Waals surface area contributed by atoms with Crippen molar-refractivity contribution in [2.45, 2.75) is 58.5 Å². The predicted octanol–water partition coefficient (Wildman–Crippen LogP) is 5.29. The molecule has 1 saturated carbocycles. The molecule has 1 heterocycles. The van der Waals surface area contributed by atoms with Gasteiger partial charge in [0, 0.05) is 18.2 Å². The maximum Gasteiger partial charge on any atom is 0.144 e. The largest absolute Gasteiger partial charge is 0.370 e. The SMILES string of the molecule is CCOC(c1nc(=S)c(Br)c(C2CCCC2)[nH]1)C(C)C. The number of hydrogen-bond donors (Lipinski definition) is 1. The van der Waals surface area contributed by atoms with Gasteiger partial charge in [-0.1, -0.05) is 38.9 Å². The molecule has 1 N–H and O–H groups in total. The molecule has 0 saturated heterocycles. The number of H-pyrrole nitrogens is 1. The number of rotatable bonds is 5. The number of ether oxygens (including phenoxy) is 1. The van der Waals surface area contributed by atoms with Gasteiger partial charge in [-0.25, -0.2) is 4.98 Å². The Morgan fingerprint density at radius 3 is 2.60 bits per heavy atom. The van der Waals surface area contributed by atoms with Crippen LogP contribution in [0.2, 0.25) is 0 Å². The lowest BCUT2D eigenvalue weighted by Gasteiger charge is -2.22. The second kappa shape index (κ2) is 7.14. The summed E-state index contributed by atoms with van der Waals surface area (Å²) in [7, 11) is 0. The van der Waals surface area contributed by atoms with Gasteiger partial charge in [0.1, 0.15) is 16.6 Å². The average molecular weight is 359 g/mol. The van der Waals surface area contributed by atoms with Crippen molar-refractivity contribution in [1.82, 2.24) is 9.97 Å². The van der Waals surface area contributed by atoms with Gasteiger partial charge >= 0.3 is 0 Å². The highest BCUT2D eigenvalue weighted by molar-refractivity contribution is 9.10. The van der Waals surface area contributed by atoms with E-state index >= 15 is 0 Å². The first kappa shape index (κ1) is 16.1. The van der Waals surface area contributed by atoms with Crippen LogP contribution in [0.1, 0.15) is 70.0 Å². The van der Waals surface area contributed by atoms with E-state index < -0.39 is 0 Å². The van der Waals surface area contributed by atoms with Crippen LogP contribution in [-0.4, -0.2) is 16.6 Å². The quantitative estimate of drug-likeness (QED) is 0.726. The van der Waals surface area contributed by atoms with E-state index in [0.29, 0.717) is 23.1 Å². The second-order valence-corrected chi connectivity index (χ2v) is 6.94. The minimum absolute atomic E-state index is 0.0186. The maximum atomic E-state index is 5.85. The summed E-state index contributed by atoms with van der Waals surface area (Å²) in [6.45, 7) is 6.99. The van der Waals surface area contributed by atoms with Crippen LogP contribution in [0.3, 0.4) is 0 Å². The van der Waals surface area contributed by atoms with Gasteiger partial charge in [0.25, 0.3) is 0 Å². The summed E-state index contributed by atoms with van der Waals surface area (Å²) >= 11 is 9.03. The molecular weight excluding hydrogens is 336 g/mol. The lowest BCUT2D eigenvalue weighted by atomic mass is 10.0. The monoisotopic (exact) mass is 358 g/mol. The Morgan fingerprint density at radius 1 is 1.40 bits per heavy atom. The molecule has 1 aromatic rings. The highest BCUT2D eigenvalue weighted by Crippen LogP contribution is 2.37. The van der Waals surface area contributed by atoms with E-state index in [1.165, 1.54) is 31.4 Å². The van der Waals surface area contributed by atoms with Crippen molar-refractivity contribution in [3.63, 3.8) is 0 Å². The second-order valence-electron chi connectivity index (χ2n) is 5.76. The minimum Gasteiger partial charge on any atom is -0.370 e. The lowest BCUT2D eigenvalue weighted by molar-refractivity contribution is 0.0229. The topological polar surface area (TPSA) is 37.9 Å². The molecule has 1 aromatic heterocycles. The highest BCUT2D eigenvalue weighted by atomic mass is 79.9. The van der Waals surface area contributed by atoms with Crippen LogP contribution in [-0.2, 0) is 4.74 Å². The van der Waals surface area contributed by atoms with Crippen LogP contribution in [0.15, 0.2) is 4.47 Å². The molecule has 3 nitrogen and oxygen atoms in total. The van der Waals surface area contributed by atoms with Gasteiger partial charge in [0.05, 0.1) is 4.47 Å². The van der Waals surface area contributed by atoms with Gasteiger partial charge in [0.2, 0.25) is 0 Å². The predicted molar refractivity (Wildman–Crippen MR) is 87.5 cm³/mol. The summed E-state index contributed by atoms with van der Waals surface area (Å²) in [6, 6.07) is 0. The fraction of sp³-hybridized carbons (Fsp3) is 0.733. The van der Waals surface area contributed by atoms with Crippen molar-refractivity contribution >= 4 is 28.1 Å². The maximum absolute atomic E-state index is 5.85. The first-order valence-electron chi connectivity index (χ1n) is 7.45. The molecule has 2 rings (SSSR count). The Balaban J connectivity index is 2.41. The first-order valence-corrected chi connectivity index (χ1v) is 8.65. The number of nitrogens with zero attached hydrogens (tertiary/aromatic N) is 1. The van der Waals surface area contributed by atoms with Crippen molar-refractivity contribution < 1.29 is 4.74 Å². The number of halogens is 1. The summed E-state index contributed by atoms with van der Waals surface area (Å²) in [5, 5.41) is 0. The fourth-order valence-electron chi connectivity index (χ4n) is 2.89. The molecule has 1 aliphatic carbocycles. The Labute approximate surface area is 134 Å². The number of aromatic amines is 1. The standard InChI is InChI=1S/C15H23BrN2OS/c1-4-19-13(9(2)3)14-17-12(10-7-5-6-8-10)11(16)15(20)18-14/h9-10,13H,4-8H2,1-3H3,(H,17,18,20). The van der Waals surface area contributed by atoms with Crippen molar-refractivity contribution in [3.05, 3.63) is 20.6 Å². The molecule has 0 amide bonds. The Kier molecular flexibility index (Phi) is 5.75. The van der Waals surface area contributed by atoms with Crippen LogP contribution in [0, 0.1) is 10.6 Å². The number of aromatic nitrogens is 2. The van der Waals surface area contributed by atoms with E-state index in [2.05, 4.69) is 39.7 Å². The van der Waals surface area contributed by atoms with Gasteiger partial charge in [-0.05, 0) is 41.6 Å². The molecule has 0 aromatic carbocycles. The molecule has 0 spiro atoms. The normalized spacial score (nSPS) is 17.9. The Morgan fingerprint density at radius 2 is 2.05 bits per heavy atom. The van der Waals surface area contributed by atoms with Crippen LogP contribution in [0.4, 0.5) is 0 Å². The van der Waals surface area contributed by atoms with E-state index in [0.717, 1.165) is 10.3 Å². The molecule has 20 heavy (non-hydrogen) atoms. The molecule has 1 atom stereocenters. The fourth-order valence-corrected chi connectivity index (χ4v) is 3.61. The molecule has 5 heteroatoms. The van der Waals surface area contributed by atoms with Crippen molar-refractivity contribution in [1.29, 1.82) is 0 Å². The third-order valence-electron chi connectivity index (χ3n) is 3.89. The third-order valence-corrected chi connectivity index (χ3v) is 5.25. The molecule has 1 aliphatic rings. The summed E-state index contributed by atoms with van der Waals surface area (Å²) in [5.74, 6) is 1.81. The van der Waals surface area contributed by atoms with Gasteiger partial charge in [-0.15, -0.1) is 0 Å². The molecular formula is C15H23BrN2OS. The number of nitrogens with one attached hydrogen (secondary N) is 1. The summed E-state index contributed by atoms with van der Waals surface area (Å²) in [4.78, 5) is 8.04. The zero-order chi connectivity index (χ0) is 14.7. The van der Waals surface area contributed by atoms with E-state index in [1.807, 2.05) is 6.92 Å². The molecule has 0 radical (unpaired) electrons. The molecule has 0 bridgehead atoms. The molecule has 1 fully saturated rings. The van der Waals surface area contributed by atoms with Crippen molar-refractivity contribution in [2.24, 2.45) is 5.92 Å². The van der Waals surface area contributed by atoms with Gasteiger partial charge in [-0.3, -0.25) is 0 Å². The van der Waals surface area contributed by atoms with Gasteiger partial charge in [0.15, 0.2) is 0 Å². The smallest absolute Gasteiger partial charge is 0.144 e. The molecule has 112 valence electrons. The van der Waals surface area contributed by atoms with Crippen LogP contribution >= 0.6 is 28.1 Å². The molecule has 0 aliphatic heterocycles. The average Bonchev–Trinajstić information content (AvgIpc) is 2.92. The highest BCUT2D eigenvalue weighted by Gasteiger charge is 2.25. The minimum atomic E-state index is -0.0186. The van der Waals surface area contributed by atoms with Gasteiger partial charge in [-0.2, -0.15) is 0 Å². The van der Waals surface area contributed by atoms with Crippen LogP contribution in [0.25, 0.3) is 0 Å². The summed E-state index contributed by atoms with van der Waals surface area (Å²) < 4.78 is 7.45. The van der Waals surface area contributed by atoms with E-state index in [-0.39, 0.29) is 6.10 Å². The summed E-state index contributed by atoms with van der Waals surface area (Å²) in [5.41, 5.74) is 1.21.